The Balaban J connectivity index is 2.29. The number of aryl methyl sites for hydroxylation is 3. The van der Waals surface area contributed by atoms with Crippen LogP contribution in [0.4, 0.5) is 0 Å². The lowest BCUT2D eigenvalue weighted by molar-refractivity contribution is 0.586. The number of halogens is 1. The quantitative estimate of drug-likeness (QED) is 0.936. The Bertz CT molecular complexity index is 577. The molecule has 1 atom stereocenters. The maximum absolute atomic E-state index is 6.31. The van der Waals surface area contributed by atoms with Crippen molar-refractivity contribution in [3.63, 3.8) is 0 Å². The van der Waals surface area contributed by atoms with Crippen LogP contribution in [0, 0.1) is 13.8 Å². The van der Waals surface area contributed by atoms with E-state index in [2.05, 4.69) is 10.1 Å². The van der Waals surface area contributed by atoms with Gasteiger partial charge in [-0.15, -0.1) is 0 Å². The first-order chi connectivity index (χ1) is 9.04. The standard InChI is InChI=1S/C14H19ClN4/c1-4-19-13(14(15)10(3)18-19)7-12(16)11-8-17-6-5-9(11)2/h5-6,8,12H,4,7,16H2,1-3H3. The monoisotopic (exact) mass is 278 g/mol. The van der Waals surface area contributed by atoms with Crippen LogP contribution >= 0.6 is 11.6 Å². The van der Waals surface area contributed by atoms with Gasteiger partial charge in [-0.2, -0.15) is 5.10 Å². The summed E-state index contributed by atoms with van der Waals surface area (Å²) in [6.07, 6.45) is 4.27. The van der Waals surface area contributed by atoms with E-state index < -0.39 is 0 Å². The third kappa shape index (κ3) is 2.80. The highest BCUT2D eigenvalue weighted by Crippen LogP contribution is 2.25. The van der Waals surface area contributed by atoms with Crippen molar-refractivity contribution >= 4 is 11.6 Å². The fourth-order valence-electron chi connectivity index (χ4n) is 2.25. The van der Waals surface area contributed by atoms with E-state index in [-0.39, 0.29) is 6.04 Å². The number of hydrogen-bond acceptors (Lipinski definition) is 3. The first-order valence-corrected chi connectivity index (χ1v) is 6.80. The summed E-state index contributed by atoms with van der Waals surface area (Å²) < 4.78 is 1.92. The summed E-state index contributed by atoms with van der Waals surface area (Å²) >= 11 is 6.31. The highest BCUT2D eigenvalue weighted by atomic mass is 35.5. The lowest BCUT2D eigenvalue weighted by Crippen LogP contribution is -2.17. The van der Waals surface area contributed by atoms with Gasteiger partial charge in [0.05, 0.1) is 16.4 Å². The van der Waals surface area contributed by atoms with Crippen LogP contribution in [0.15, 0.2) is 18.5 Å². The van der Waals surface area contributed by atoms with Crippen molar-refractivity contribution in [1.82, 2.24) is 14.8 Å². The molecule has 5 heteroatoms. The zero-order valence-corrected chi connectivity index (χ0v) is 12.3. The van der Waals surface area contributed by atoms with Crippen LogP contribution in [0.25, 0.3) is 0 Å². The van der Waals surface area contributed by atoms with Crippen molar-refractivity contribution in [2.75, 3.05) is 0 Å². The molecule has 0 spiro atoms. The predicted octanol–water partition coefficient (Wildman–Crippen LogP) is 2.81. The Labute approximate surface area is 118 Å². The Morgan fingerprint density at radius 1 is 1.42 bits per heavy atom. The number of pyridine rings is 1. The lowest BCUT2D eigenvalue weighted by atomic mass is 10.0. The van der Waals surface area contributed by atoms with Crippen molar-refractivity contribution in [1.29, 1.82) is 0 Å². The second-order valence-corrected chi connectivity index (χ2v) is 5.08. The Morgan fingerprint density at radius 3 is 2.79 bits per heavy atom. The topological polar surface area (TPSA) is 56.7 Å². The van der Waals surface area contributed by atoms with E-state index in [1.54, 1.807) is 6.20 Å². The minimum absolute atomic E-state index is 0.118. The fourth-order valence-corrected chi connectivity index (χ4v) is 2.46. The van der Waals surface area contributed by atoms with Gasteiger partial charge < -0.3 is 5.73 Å². The van der Waals surface area contributed by atoms with Gasteiger partial charge in [0.1, 0.15) is 0 Å². The fraction of sp³-hybridized carbons (Fsp3) is 0.429. The smallest absolute Gasteiger partial charge is 0.0847 e. The van der Waals surface area contributed by atoms with Crippen molar-refractivity contribution in [3.05, 3.63) is 46.0 Å². The van der Waals surface area contributed by atoms with Crippen molar-refractivity contribution in [2.24, 2.45) is 5.73 Å². The molecule has 2 N–H and O–H groups in total. The van der Waals surface area contributed by atoms with Crippen LogP contribution in [-0.2, 0) is 13.0 Å². The summed E-state index contributed by atoms with van der Waals surface area (Å²) in [5, 5.41) is 5.13. The molecule has 19 heavy (non-hydrogen) atoms. The molecule has 1 unspecified atom stereocenters. The lowest BCUT2D eigenvalue weighted by Gasteiger charge is -2.15. The summed E-state index contributed by atoms with van der Waals surface area (Å²) in [5.41, 5.74) is 10.3. The molecule has 0 aliphatic carbocycles. The van der Waals surface area contributed by atoms with Crippen LogP contribution in [0.1, 0.15) is 35.5 Å². The molecule has 0 amide bonds. The maximum Gasteiger partial charge on any atom is 0.0847 e. The molecule has 4 nitrogen and oxygen atoms in total. The molecular weight excluding hydrogens is 260 g/mol. The molecule has 102 valence electrons. The number of nitrogens with two attached hydrogens (primary N) is 1. The number of nitrogens with zero attached hydrogens (tertiary/aromatic N) is 3. The first kappa shape index (κ1) is 14.0. The molecule has 2 aromatic heterocycles. The van der Waals surface area contributed by atoms with Crippen molar-refractivity contribution in [3.8, 4) is 0 Å². The molecule has 2 aromatic rings. The zero-order valence-electron chi connectivity index (χ0n) is 11.5. The van der Waals surface area contributed by atoms with Gasteiger partial charge in [0.15, 0.2) is 0 Å². The number of aromatic nitrogens is 3. The van der Waals surface area contributed by atoms with Crippen molar-refractivity contribution < 1.29 is 0 Å². The van der Waals surface area contributed by atoms with Crippen molar-refractivity contribution in [2.45, 2.75) is 39.8 Å². The van der Waals surface area contributed by atoms with Gasteiger partial charge in [-0.1, -0.05) is 11.6 Å². The maximum atomic E-state index is 6.31. The van der Waals surface area contributed by atoms with E-state index in [9.17, 15) is 0 Å². The normalized spacial score (nSPS) is 12.7. The SMILES string of the molecule is CCn1nc(C)c(Cl)c1CC(N)c1cnccc1C. The predicted molar refractivity (Wildman–Crippen MR) is 77.3 cm³/mol. The minimum atomic E-state index is -0.118. The van der Waals surface area contributed by atoms with Gasteiger partial charge in [-0.3, -0.25) is 9.67 Å². The summed E-state index contributed by atoms with van der Waals surface area (Å²) in [6, 6.07) is 1.85. The molecule has 0 fully saturated rings. The van der Waals surface area contributed by atoms with Crippen LogP contribution < -0.4 is 5.73 Å². The second-order valence-electron chi connectivity index (χ2n) is 4.70. The Morgan fingerprint density at radius 2 is 2.16 bits per heavy atom. The van der Waals surface area contributed by atoms with Crippen LogP contribution in [-0.4, -0.2) is 14.8 Å². The minimum Gasteiger partial charge on any atom is -0.324 e. The molecule has 0 radical (unpaired) electrons. The first-order valence-electron chi connectivity index (χ1n) is 6.42. The average Bonchev–Trinajstić information content (AvgIpc) is 2.67. The van der Waals surface area contributed by atoms with E-state index in [4.69, 9.17) is 17.3 Å². The molecule has 0 aliphatic rings. The Kier molecular flexibility index (Phi) is 4.22. The third-order valence-electron chi connectivity index (χ3n) is 3.35. The van der Waals surface area contributed by atoms with Gasteiger partial charge in [-0.05, 0) is 38.0 Å². The Hall–Kier alpha value is -1.39. The van der Waals surface area contributed by atoms with E-state index in [0.29, 0.717) is 6.42 Å². The van der Waals surface area contributed by atoms with Gasteiger partial charge in [0.25, 0.3) is 0 Å². The van der Waals surface area contributed by atoms with Gasteiger partial charge in [0, 0.05) is 31.4 Å². The van der Waals surface area contributed by atoms with E-state index in [1.807, 2.05) is 37.7 Å². The molecule has 2 rings (SSSR count). The molecular formula is C14H19ClN4. The molecule has 0 bridgehead atoms. The summed E-state index contributed by atoms with van der Waals surface area (Å²) in [7, 11) is 0. The van der Waals surface area contributed by atoms with E-state index in [0.717, 1.165) is 34.1 Å². The second kappa shape index (κ2) is 5.72. The molecule has 0 aromatic carbocycles. The van der Waals surface area contributed by atoms with Crippen LogP contribution in [0.3, 0.4) is 0 Å². The zero-order chi connectivity index (χ0) is 14.0. The van der Waals surface area contributed by atoms with E-state index in [1.165, 1.54) is 0 Å². The number of hydrogen-bond donors (Lipinski definition) is 1. The average molecular weight is 279 g/mol. The summed E-state index contributed by atoms with van der Waals surface area (Å²) in [5.74, 6) is 0. The molecule has 2 heterocycles. The third-order valence-corrected chi connectivity index (χ3v) is 3.84. The van der Waals surface area contributed by atoms with Gasteiger partial charge in [0.2, 0.25) is 0 Å². The molecule has 0 saturated carbocycles. The highest BCUT2D eigenvalue weighted by Gasteiger charge is 2.17. The van der Waals surface area contributed by atoms with Crippen LogP contribution in [0.2, 0.25) is 5.02 Å². The van der Waals surface area contributed by atoms with E-state index >= 15 is 0 Å². The summed E-state index contributed by atoms with van der Waals surface area (Å²) in [6.45, 7) is 6.80. The van der Waals surface area contributed by atoms with Gasteiger partial charge >= 0.3 is 0 Å². The highest BCUT2D eigenvalue weighted by molar-refractivity contribution is 6.31. The molecule has 0 saturated heterocycles. The van der Waals surface area contributed by atoms with Crippen LogP contribution in [0.5, 0.6) is 0 Å². The largest absolute Gasteiger partial charge is 0.324 e. The molecule has 0 aliphatic heterocycles. The number of rotatable bonds is 4. The van der Waals surface area contributed by atoms with Gasteiger partial charge in [-0.25, -0.2) is 0 Å². The summed E-state index contributed by atoms with van der Waals surface area (Å²) in [4.78, 5) is 4.14.